The van der Waals surface area contributed by atoms with E-state index in [1.807, 2.05) is 11.0 Å². The van der Waals surface area contributed by atoms with Crippen LogP contribution < -0.4 is 4.90 Å². The van der Waals surface area contributed by atoms with Crippen molar-refractivity contribution in [2.75, 3.05) is 50.7 Å². The number of carbonyl (C=O) groups excluding carboxylic acids is 3. The van der Waals surface area contributed by atoms with E-state index in [0.29, 0.717) is 44.3 Å². The smallest absolute Gasteiger partial charge is 0.325 e. The SMILES string of the molecule is O=C(CN1CCN(c2cccc(Cl)c2)C1=O)N1CCN(C(=O)C2CC2)CC1. The van der Waals surface area contributed by atoms with Crippen LogP contribution in [-0.4, -0.2) is 78.4 Å². The molecule has 2 saturated heterocycles. The van der Waals surface area contributed by atoms with Crippen LogP contribution >= 0.6 is 11.6 Å². The van der Waals surface area contributed by atoms with Gasteiger partial charge in [0.25, 0.3) is 0 Å². The first-order valence-electron chi connectivity index (χ1n) is 9.41. The molecule has 144 valence electrons. The highest BCUT2D eigenvalue weighted by Gasteiger charge is 2.36. The molecule has 0 unspecified atom stereocenters. The Morgan fingerprint density at radius 1 is 1.00 bits per heavy atom. The van der Waals surface area contributed by atoms with Crippen LogP contribution in [0.4, 0.5) is 10.5 Å². The quantitative estimate of drug-likeness (QED) is 0.785. The van der Waals surface area contributed by atoms with Crippen LogP contribution in [0.2, 0.25) is 5.02 Å². The average Bonchev–Trinajstić information content (AvgIpc) is 3.46. The first-order valence-corrected chi connectivity index (χ1v) is 9.79. The lowest BCUT2D eigenvalue weighted by molar-refractivity contribution is -0.140. The summed E-state index contributed by atoms with van der Waals surface area (Å²) in [6.07, 6.45) is 2.00. The molecule has 0 atom stereocenters. The summed E-state index contributed by atoms with van der Waals surface area (Å²) in [4.78, 5) is 44.2. The highest BCUT2D eigenvalue weighted by molar-refractivity contribution is 6.30. The van der Waals surface area contributed by atoms with Crippen molar-refractivity contribution in [1.29, 1.82) is 0 Å². The average molecular weight is 391 g/mol. The zero-order valence-corrected chi connectivity index (χ0v) is 15.9. The van der Waals surface area contributed by atoms with Crippen molar-refractivity contribution < 1.29 is 14.4 Å². The van der Waals surface area contributed by atoms with E-state index in [1.165, 1.54) is 0 Å². The van der Waals surface area contributed by atoms with Crippen molar-refractivity contribution in [2.45, 2.75) is 12.8 Å². The van der Waals surface area contributed by atoms with E-state index in [2.05, 4.69) is 0 Å². The number of carbonyl (C=O) groups is 3. The lowest BCUT2D eigenvalue weighted by Crippen LogP contribution is -2.53. The monoisotopic (exact) mass is 390 g/mol. The van der Waals surface area contributed by atoms with E-state index in [-0.39, 0.29) is 30.3 Å². The molecule has 0 bridgehead atoms. The van der Waals surface area contributed by atoms with E-state index in [0.717, 1.165) is 18.5 Å². The Hall–Kier alpha value is -2.28. The molecule has 4 rings (SSSR count). The molecule has 4 amide bonds. The van der Waals surface area contributed by atoms with Crippen molar-refractivity contribution in [1.82, 2.24) is 14.7 Å². The predicted molar refractivity (Wildman–Crippen MR) is 102 cm³/mol. The molecule has 7 nitrogen and oxygen atoms in total. The summed E-state index contributed by atoms with van der Waals surface area (Å²) in [5.41, 5.74) is 0.745. The molecule has 0 radical (unpaired) electrons. The Labute approximate surface area is 163 Å². The van der Waals surface area contributed by atoms with Gasteiger partial charge in [-0.25, -0.2) is 4.79 Å². The van der Waals surface area contributed by atoms with Gasteiger partial charge in [0.05, 0.1) is 0 Å². The molecule has 1 aromatic rings. The molecular formula is C19H23ClN4O3. The number of anilines is 1. The zero-order chi connectivity index (χ0) is 19.0. The summed E-state index contributed by atoms with van der Waals surface area (Å²) in [6, 6.07) is 6.99. The molecule has 0 N–H and O–H groups in total. The predicted octanol–water partition coefficient (Wildman–Crippen LogP) is 1.66. The van der Waals surface area contributed by atoms with Crippen molar-refractivity contribution in [3.63, 3.8) is 0 Å². The number of urea groups is 1. The summed E-state index contributed by atoms with van der Waals surface area (Å²) in [7, 11) is 0. The third-order valence-corrected chi connectivity index (χ3v) is 5.65. The van der Waals surface area contributed by atoms with Crippen LogP contribution in [0.3, 0.4) is 0 Å². The first kappa shape index (κ1) is 18.1. The summed E-state index contributed by atoms with van der Waals surface area (Å²) in [5.74, 6) is 0.385. The fourth-order valence-corrected chi connectivity index (χ4v) is 3.83. The third kappa shape index (κ3) is 3.88. The lowest BCUT2D eigenvalue weighted by Gasteiger charge is -2.35. The number of amides is 4. The maximum atomic E-state index is 12.6. The van der Waals surface area contributed by atoms with Gasteiger partial charge in [0, 0.05) is 55.9 Å². The molecule has 1 aromatic carbocycles. The highest BCUT2D eigenvalue weighted by atomic mass is 35.5. The molecule has 0 aromatic heterocycles. The fraction of sp³-hybridized carbons (Fsp3) is 0.526. The maximum Gasteiger partial charge on any atom is 0.325 e. The van der Waals surface area contributed by atoms with Crippen molar-refractivity contribution in [3.05, 3.63) is 29.3 Å². The molecule has 1 saturated carbocycles. The molecule has 1 aliphatic carbocycles. The Kier molecular flexibility index (Phi) is 4.95. The van der Waals surface area contributed by atoms with Gasteiger partial charge < -0.3 is 14.7 Å². The molecule has 2 aliphatic heterocycles. The van der Waals surface area contributed by atoms with Crippen LogP contribution in [0.25, 0.3) is 0 Å². The number of hydrogen-bond acceptors (Lipinski definition) is 3. The van der Waals surface area contributed by atoms with Crippen LogP contribution in [0.1, 0.15) is 12.8 Å². The van der Waals surface area contributed by atoms with Crippen LogP contribution in [0.5, 0.6) is 0 Å². The molecule has 8 heteroatoms. The number of hydrogen-bond donors (Lipinski definition) is 0. The molecule has 27 heavy (non-hydrogen) atoms. The van der Waals surface area contributed by atoms with E-state index in [4.69, 9.17) is 11.6 Å². The number of rotatable bonds is 4. The summed E-state index contributed by atoms with van der Waals surface area (Å²) >= 11 is 6.01. The number of halogens is 1. The van der Waals surface area contributed by atoms with Crippen LogP contribution in [0.15, 0.2) is 24.3 Å². The van der Waals surface area contributed by atoms with Gasteiger partial charge in [0.2, 0.25) is 11.8 Å². The first-order chi connectivity index (χ1) is 13.0. The Bertz CT molecular complexity index is 759. The Morgan fingerprint density at radius 3 is 2.37 bits per heavy atom. The molecule has 0 spiro atoms. The zero-order valence-electron chi connectivity index (χ0n) is 15.1. The molecular weight excluding hydrogens is 368 g/mol. The van der Waals surface area contributed by atoms with Crippen LogP contribution in [0, 0.1) is 5.92 Å². The molecule has 3 aliphatic rings. The number of benzene rings is 1. The normalized spacial score (nSPS) is 20.4. The molecule has 2 heterocycles. The Morgan fingerprint density at radius 2 is 1.70 bits per heavy atom. The fourth-order valence-electron chi connectivity index (χ4n) is 3.64. The van der Waals surface area contributed by atoms with E-state index in [9.17, 15) is 14.4 Å². The minimum atomic E-state index is -0.173. The second kappa shape index (κ2) is 7.38. The summed E-state index contributed by atoms with van der Waals surface area (Å²) in [5, 5.41) is 0.577. The van der Waals surface area contributed by atoms with Gasteiger partial charge >= 0.3 is 6.03 Å². The highest BCUT2D eigenvalue weighted by Crippen LogP contribution is 2.31. The topological polar surface area (TPSA) is 64.2 Å². The number of nitrogens with zero attached hydrogens (tertiary/aromatic N) is 4. The Balaban J connectivity index is 1.30. The lowest BCUT2D eigenvalue weighted by atomic mass is 10.2. The minimum Gasteiger partial charge on any atom is -0.339 e. The van der Waals surface area contributed by atoms with Gasteiger partial charge in [-0.2, -0.15) is 0 Å². The van der Waals surface area contributed by atoms with Crippen LogP contribution in [-0.2, 0) is 9.59 Å². The van der Waals surface area contributed by atoms with Crippen molar-refractivity contribution in [3.8, 4) is 0 Å². The largest absolute Gasteiger partial charge is 0.339 e. The maximum absolute atomic E-state index is 12.6. The van der Waals surface area contributed by atoms with Gasteiger partial charge in [0.1, 0.15) is 6.54 Å². The van der Waals surface area contributed by atoms with Gasteiger partial charge in [-0.1, -0.05) is 17.7 Å². The van der Waals surface area contributed by atoms with Gasteiger partial charge in [-0.3, -0.25) is 14.5 Å². The molecule has 3 fully saturated rings. The second-order valence-corrected chi connectivity index (χ2v) is 7.75. The number of piperazine rings is 1. The summed E-state index contributed by atoms with van der Waals surface area (Å²) in [6.45, 7) is 3.38. The van der Waals surface area contributed by atoms with Crippen molar-refractivity contribution in [2.24, 2.45) is 5.92 Å². The second-order valence-electron chi connectivity index (χ2n) is 7.32. The summed E-state index contributed by atoms with van der Waals surface area (Å²) < 4.78 is 0. The standard InChI is InChI=1S/C19H23ClN4O3/c20-15-2-1-3-16(12-15)24-11-10-23(19(24)27)13-17(25)21-6-8-22(9-7-21)18(26)14-4-5-14/h1-3,12,14H,4-11,13H2. The van der Waals surface area contributed by atoms with Gasteiger partial charge in [-0.15, -0.1) is 0 Å². The third-order valence-electron chi connectivity index (χ3n) is 5.41. The minimum absolute atomic E-state index is 0.0604. The van der Waals surface area contributed by atoms with E-state index in [1.54, 1.807) is 32.9 Å². The van der Waals surface area contributed by atoms with E-state index >= 15 is 0 Å². The van der Waals surface area contributed by atoms with Gasteiger partial charge in [0.15, 0.2) is 0 Å². The van der Waals surface area contributed by atoms with Gasteiger partial charge in [-0.05, 0) is 31.0 Å². The van der Waals surface area contributed by atoms with E-state index < -0.39 is 0 Å². The van der Waals surface area contributed by atoms with Crippen molar-refractivity contribution >= 4 is 35.1 Å².